The summed E-state index contributed by atoms with van der Waals surface area (Å²) in [4.78, 5) is 15.7. The molecule has 2 rings (SSSR count). The van der Waals surface area contributed by atoms with Gasteiger partial charge in [-0.1, -0.05) is 0 Å². The fourth-order valence-corrected chi connectivity index (χ4v) is 2.24. The fourth-order valence-electron chi connectivity index (χ4n) is 1.65. The van der Waals surface area contributed by atoms with Crippen LogP contribution in [0.5, 0.6) is 0 Å². The molecule has 0 unspecified atom stereocenters. The van der Waals surface area contributed by atoms with E-state index in [2.05, 4.69) is 20.9 Å². The van der Waals surface area contributed by atoms with Crippen LogP contribution in [-0.2, 0) is 6.54 Å². The highest BCUT2D eigenvalue weighted by Crippen LogP contribution is 2.14. The molecule has 0 bridgehead atoms. The molecule has 0 fully saturated rings. The van der Waals surface area contributed by atoms with Gasteiger partial charge in [-0.15, -0.1) is 0 Å². The van der Waals surface area contributed by atoms with Gasteiger partial charge in [0.05, 0.1) is 6.54 Å². The van der Waals surface area contributed by atoms with Crippen LogP contribution < -0.4 is 5.56 Å². The Bertz CT molecular complexity index is 621. The molecule has 2 aromatic rings. The summed E-state index contributed by atoms with van der Waals surface area (Å²) in [5.41, 5.74) is 0.321. The van der Waals surface area contributed by atoms with Gasteiger partial charge in [0.25, 0.3) is 5.56 Å². The maximum Gasteiger partial charge on any atom is 0.319 e. The average molecular weight is 318 g/mol. The van der Waals surface area contributed by atoms with Crippen molar-refractivity contribution < 1.29 is 8.78 Å². The average Bonchev–Trinajstić information content (AvgIpc) is 2.73. The van der Waals surface area contributed by atoms with E-state index in [-0.39, 0.29) is 17.9 Å². The number of aromatic nitrogens is 3. The Morgan fingerprint density at radius 2 is 2.22 bits per heavy atom. The Kier molecular flexibility index (Phi) is 3.60. The van der Waals surface area contributed by atoms with Crippen molar-refractivity contribution in [2.24, 2.45) is 0 Å². The minimum atomic E-state index is -2.66. The van der Waals surface area contributed by atoms with Crippen molar-refractivity contribution in [3.05, 3.63) is 50.9 Å². The summed E-state index contributed by atoms with van der Waals surface area (Å²) in [6, 6.07) is 1.68. The molecule has 0 aliphatic heterocycles. The Morgan fingerprint density at radius 1 is 1.50 bits per heavy atom. The van der Waals surface area contributed by atoms with Gasteiger partial charge in [-0.3, -0.25) is 9.36 Å². The van der Waals surface area contributed by atoms with Gasteiger partial charge in [0, 0.05) is 28.6 Å². The molecule has 7 heteroatoms. The first-order chi connectivity index (χ1) is 8.49. The van der Waals surface area contributed by atoms with Crippen LogP contribution in [0.4, 0.5) is 8.78 Å². The number of halogens is 3. The van der Waals surface area contributed by atoms with Crippen LogP contribution in [0, 0.1) is 6.92 Å². The minimum Gasteiger partial charge on any atom is -0.307 e. The number of hydrogen-bond donors (Lipinski definition) is 0. The summed E-state index contributed by atoms with van der Waals surface area (Å²) in [6.45, 7) is -0.980. The van der Waals surface area contributed by atoms with Crippen LogP contribution in [0.25, 0.3) is 0 Å². The van der Waals surface area contributed by atoms with E-state index in [9.17, 15) is 13.6 Å². The van der Waals surface area contributed by atoms with Gasteiger partial charge in [-0.25, -0.2) is 4.98 Å². The smallest absolute Gasteiger partial charge is 0.307 e. The molecule has 0 saturated heterocycles. The van der Waals surface area contributed by atoms with Gasteiger partial charge in [0.1, 0.15) is 5.82 Å². The Morgan fingerprint density at radius 3 is 2.89 bits per heavy atom. The molecular weight excluding hydrogens is 308 g/mol. The van der Waals surface area contributed by atoms with Crippen LogP contribution in [-0.4, -0.2) is 14.1 Å². The summed E-state index contributed by atoms with van der Waals surface area (Å²) in [6.07, 6.45) is 4.03. The second kappa shape index (κ2) is 5.01. The minimum absolute atomic E-state index is 0.0104. The summed E-state index contributed by atoms with van der Waals surface area (Å²) in [5.74, 6) is 0.143. The van der Waals surface area contributed by atoms with E-state index >= 15 is 0 Å². The third kappa shape index (κ3) is 2.50. The number of imidazole rings is 1. The first-order valence-corrected chi connectivity index (χ1v) is 5.95. The molecule has 0 spiro atoms. The molecule has 2 aromatic heterocycles. The topological polar surface area (TPSA) is 39.8 Å². The SMILES string of the molecule is Cc1cc(Br)cn(Cc2nccn2C(F)F)c1=O. The Labute approximate surface area is 110 Å². The molecule has 0 aromatic carbocycles. The first-order valence-electron chi connectivity index (χ1n) is 5.15. The zero-order valence-corrected chi connectivity index (χ0v) is 11.1. The van der Waals surface area contributed by atoms with Gasteiger partial charge in [0.15, 0.2) is 0 Å². The van der Waals surface area contributed by atoms with Crippen LogP contribution in [0.3, 0.4) is 0 Å². The van der Waals surface area contributed by atoms with E-state index in [0.717, 1.165) is 9.04 Å². The van der Waals surface area contributed by atoms with E-state index in [0.29, 0.717) is 5.56 Å². The van der Waals surface area contributed by atoms with Crippen molar-refractivity contribution in [1.29, 1.82) is 0 Å². The lowest BCUT2D eigenvalue weighted by atomic mass is 10.3. The van der Waals surface area contributed by atoms with E-state index in [1.807, 2.05) is 0 Å². The summed E-state index contributed by atoms with van der Waals surface area (Å²) < 4.78 is 28.1. The molecule has 0 N–H and O–H groups in total. The molecule has 0 atom stereocenters. The van der Waals surface area contributed by atoms with Crippen LogP contribution >= 0.6 is 15.9 Å². The highest BCUT2D eigenvalue weighted by atomic mass is 79.9. The predicted octanol–water partition coefficient (Wildman–Crippen LogP) is 2.56. The lowest BCUT2D eigenvalue weighted by molar-refractivity contribution is 0.0666. The monoisotopic (exact) mass is 317 g/mol. The van der Waals surface area contributed by atoms with Gasteiger partial charge in [-0.05, 0) is 28.9 Å². The Hall–Kier alpha value is -1.50. The number of nitrogens with zero attached hydrogens (tertiary/aromatic N) is 3. The maximum atomic E-state index is 12.6. The summed E-state index contributed by atoms with van der Waals surface area (Å²) >= 11 is 3.26. The Balaban J connectivity index is 2.40. The van der Waals surface area contributed by atoms with E-state index < -0.39 is 6.55 Å². The highest BCUT2D eigenvalue weighted by molar-refractivity contribution is 9.10. The number of pyridine rings is 1. The third-order valence-corrected chi connectivity index (χ3v) is 2.94. The number of rotatable bonds is 3. The standard InChI is InChI=1S/C11H10BrF2N3O/c1-7-4-8(12)5-16(10(7)18)6-9-15-2-3-17(9)11(13)14/h2-5,11H,6H2,1H3. The van der Waals surface area contributed by atoms with E-state index in [1.165, 1.54) is 17.0 Å². The molecule has 0 radical (unpaired) electrons. The second-order valence-electron chi connectivity index (χ2n) is 3.80. The maximum absolute atomic E-state index is 12.6. The molecule has 0 amide bonds. The van der Waals surface area contributed by atoms with Gasteiger partial charge >= 0.3 is 6.55 Å². The van der Waals surface area contributed by atoms with Crippen molar-refractivity contribution in [2.45, 2.75) is 20.0 Å². The summed E-state index contributed by atoms with van der Waals surface area (Å²) in [5, 5.41) is 0. The van der Waals surface area contributed by atoms with Gasteiger partial charge in [0.2, 0.25) is 0 Å². The predicted molar refractivity (Wildman–Crippen MR) is 65.7 cm³/mol. The number of hydrogen-bond acceptors (Lipinski definition) is 2. The zero-order chi connectivity index (χ0) is 13.3. The van der Waals surface area contributed by atoms with Gasteiger partial charge in [-0.2, -0.15) is 8.78 Å². The lowest BCUT2D eigenvalue weighted by Gasteiger charge is -2.09. The molecule has 0 saturated carbocycles. The van der Waals surface area contributed by atoms with Crippen LogP contribution in [0.15, 0.2) is 33.9 Å². The van der Waals surface area contributed by atoms with E-state index in [1.54, 1.807) is 19.2 Å². The lowest BCUT2D eigenvalue weighted by Crippen LogP contribution is -2.23. The van der Waals surface area contributed by atoms with Crippen molar-refractivity contribution in [3.8, 4) is 0 Å². The molecule has 18 heavy (non-hydrogen) atoms. The molecule has 0 aliphatic carbocycles. The largest absolute Gasteiger partial charge is 0.319 e. The molecule has 0 aliphatic rings. The zero-order valence-electron chi connectivity index (χ0n) is 9.48. The van der Waals surface area contributed by atoms with Crippen molar-refractivity contribution >= 4 is 15.9 Å². The molecule has 96 valence electrons. The molecular formula is C11H10BrF2N3O. The fraction of sp³-hybridized carbons (Fsp3) is 0.273. The normalized spacial score (nSPS) is 11.2. The molecule has 4 nitrogen and oxygen atoms in total. The van der Waals surface area contributed by atoms with Crippen molar-refractivity contribution in [1.82, 2.24) is 14.1 Å². The van der Waals surface area contributed by atoms with Crippen LogP contribution in [0.1, 0.15) is 17.9 Å². The van der Waals surface area contributed by atoms with E-state index in [4.69, 9.17) is 0 Å². The summed E-state index contributed by atoms with van der Waals surface area (Å²) in [7, 11) is 0. The van der Waals surface area contributed by atoms with Crippen molar-refractivity contribution in [2.75, 3.05) is 0 Å². The second-order valence-corrected chi connectivity index (χ2v) is 4.72. The van der Waals surface area contributed by atoms with Crippen molar-refractivity contribution in [3.63, 3.8) is 0 Å². The highest BCUT2D eigenvalue weighted by Gasteiger charge is 2.12. The third-order valence-electron chi connectivity index (χ3n) is 2.50. The van der Waals surface area contributed by atoms with Gasteiger partial charge < -0.3 is 4.57 Å². The first kappa shape index (κ1) is 12.9. The van der Waals surface area contributed by atoms with Crippen LogP contribution in [0.2, 0.25) is 0 Å². The number of aryl methyl sites for hydroxylation is 1. The quantitative estimate of drug-likeness (QED) is 0.872. The number of alkyl halides is 2. The molecule has 2 heterocycles.